The van der Waals surface area contributed by atoms with Gasteiger partial charge >= 0.3 is 0 Å². The van der Waals surface area contributed by atoms with E-state index in [4.69, 9.17) is 4.98 Å². The molecule has 1 unspecified atom stereocenters. The molecule has 2 heterocycles. The zero-order valence-electron chi connectivity index (χ0n) is 16.7. The van der Waals surface area contributed by atoms with Crippen molar-refractivity contribution in [3.8, 4) is 0 Å². The van der Waals surface area contributed by atoms with Crippen LogP contribution in [0.2, 0.25) is 0 Å². The van der Waals surface area contributed by atoms with E-state index >= 15 is 0 Å². The molecule has 0 spiro atoms. The number of aryl methyl sites for hydroxylation is 1. The first-order chi connectivity index (χ1) is 15.0. The van der Waals surface area contributed by atoms with Crippen LogP contribution in [0.15, 0.2) is 77.6 Å². The lowest BCUT2D eigenvalue weighted by Crippen LogP contribution is -2.48. The highest BCUT2D eigenvalue weighted by Crippen LogP contribution is 2.31. The van der Waals surface area contributed by atoms with Gasteiger partial charge in [0.2, 0.25) is 0 Å². The molecule has 1 atom stereocenters. The lowest BCUT2D eigenvalue weighted by atomic mass is 10.1. The first-order valence-corrected chi connectivity index (χ1v) is 9.86. The van der Waals surface area contributed by atoms with Crippen LogP contribution in [0.5, 0.6) is 0 Å². The smallest absolute Gasteiger partial charge is 0.280 e. The molecule has 0 fully saturated rings. The third-order valence-electron chi connectivity index (χ3n) is 5.51. The number of nitrogens with one attached hydrogen (secondary N) is 1. The zero-order valence-corrected chi connectivity index (χ0v) is 16.7. The summed E-state index contributed by atoms with van der Waals surface area (Å²) in [5.41, 5.74) is 6.68. The van der Waals surface area contributed by atoms with Gasteiger partial charge in [0.1, 0.15) is 6.17 Å². The fourth-order valence-electron chi connectivity index (χ4n) is 3.86. The van der Waals surface area contributed by atoms with E-state index in [0.717, 1.165) is 16.8 Å². The molecule has 1 N–H and O–H groups in total. The van der Waals surface area contributed by atoms with E-state index in [-0.39, 0.29) is 11.2 Å². The van der Waals surface area contributed by atoms with Crippen LogP contribution in [-0.2, 0) is 6.54 Å². The maximum absolute atomic E-state index is 13.1. The third-order valence-corrected chi connectivity index (χ3v) is 5.51. The van der Waals surface area contributed by atoms with Crippen LogP contribution < -0.4 is 15.9 Å². The summed E-state index contributed by atoms with van der Waals surface area (Å²) in [5, 5.41) is 11.6. The Morgan fingerprint density at radius 1 is 1.03 bits per heavy atom. The molecule has 4 aromatic rings. The molecule has 154 valence electrons. The Bertz CT molecular complexity index is 1350. The third kappa shape index (κ3) is 3.28. The van der Waals surface area contributed by atoms with Crippen LogP contribution in [0.3, 0.4) is 0 Å². The summed E-state index contributed by atoms with van der Waals surface area (Å²) in [4.78, 5) is 30.6. The number of hydrogen-bond donors (Lipinski definition) is 1. The molecule has 0 aliphatic carbocycles. The number of non-ortho nitro benzene ring substituents is 1. The van der Waals surface area contributed by atoms with Gasteiger partial charge in [0, 0.05) is 17.8 Å². The molecular formula is C23H19N5O3. The fourth-order valence-corrected chi connectivity index (χ4v) is 3.86. The summed E-state index contributed by atoms with van der Waals surface area (Å²) in [5.74, 6) is 0.599. The maximum Gasteiger partial charge on any atom is 0.280 e. The Labute approximate surface area is 177 Å². The lowest BCUT2D eigenvalue weighted by Gasteiger charge is -2.40. The van der Waals surface area contributed by atoms with Crippen molar-refractivity contribution in [2.24, 2.45) is 0 Å². The van der Waals surface area contributed by atoms with E-state index in [9.17, 15) is 14.9 Å². The van der Waals surface area contributed by atoms with Gasteiger partial charge in [-0.05, 0) is 48.9 Å². The zero-order chi connectivity index (χ0) is 21.5. The van der Waals surface area contributed by atoms with Gasteiger partial charge in [-0.3, -0.25) is 20.3 Å². The molecule has 1 aromatic heterocycles. The number of benzene rings is 3. The maximum atomic E-state index is 13.1. The minimum Gasteiger partial charge on any atom is -0.339 e. The first-order valence-electron chi connectivity index (χ1n) is 9.86. The number of fused-ring (bicyclic) bond motifs is 2. The van der Waals surface area contributed by atoms with Gasteiger partial charge in [-0.15, -0.1) is 0 Å². The molecular weight excluding hydrogens is 394 g/mol. The summed E-state index contributed by atoms with van der Waals surface area (Å²) in [7, 11) is 0. The molecule has 3 aromatic carbocycles. The van der Waals surface area contributed by atoms with Gasteiger partial charge in [-0.25, -0.2) is 9.66 Å². The van der Waals surface area contributed by atoms with Crippen LogP contribution in [0, 0.1) is 17.0 Å². The minimum absolute atomic E-state index is 0.0201. The second kappa shape index (κ2) is 7.24. The molecule has 0 saturated heterocycles. The van der Waals surface area contributed by atoms with E-state index < -0.39 is 11.1 Å². The van der Waals surface area contributed by atoms with Crippen LogP contribution in [0.25, 0.3) is 10.9 Å². The molecule has 0 bridgehead atoms. The van der Waals surface area contributed by atoms with Crippen molar-refractivity contribution < 1.29 is 4.92 Å². The van der Waals surface area contributed by atoms with Crippen LogP contribution in [0.1, 0.15) is 23.1 Å². The van der Waals surface area contributed by atoms with E-state index in [1.165, 1.54) is 16.8 Å². The fraction of sp³-hybridized carbons (Fsp3) is 0.130. The Hall–Kier alpha value is -4.20. The normalized spacial score (nSPS) is 15.4. The number of rotatable bonds is 3. The van der Waals surface area contributed by atoms with Gasteiger partial charge in [0.15, 0.2) is 5.82 Å². The van der Waals surface area contributed by atoms with E-state index in [1.54, 1.807) is 18.2 Å². The minimum atomic E-state index is -0.425. The van der Waals surface area contributed by atoms with Gasteiger partial charge in [-0.2, -0.15) is 0 Å². The van der Waals surface area contributed by atoms with Gasteiger partial charge in [0.05, 0.1) is 22.4 Å². The van der Waals surface area contributed by atoms with Crippen LogP contribution in [0.4, 0.5) is 11.4 Å². The number of nitro benzene ring substituents is 1. The SMILES string of the molecule is Cc1ccc(N2Cc3nc4ccccc4c(=O)n3NC2c2ccc([N+](=O)[O-])cc2)cc1. The van der Waals surface area contributed by atoms with Gasteiger partial charge in [-0.1, -0.05) is 29.8 Å². The first kappa shape index (κ1) is 18.8. The number of anilines is 1. The number of hydrogen-bond acceptors (Lipinski definition) is 6. The monoisotopic (exact) mass is 413 g/mol. The molecule has 31 heavy (non-hydrogen) atoms. The van der Waals surface area contributed by atoms with E-state index in [0.29, 0.717) is 23.3 Å². The number of nitro groups is 1. The average Bonchev–Trinajstić information content (AvgIpc) is 2.79. The molecule has 8 heteroatoms. The van der Waals surface area contributed by atoms with Crippen molar-refractivity contribution in [1.29, 1.82) is 0 Å². The standard InChI is InChI=1S/C23H19N5O3/c1-15-6-10-17(11-7-15)26-14-21-24-20-5-3-2-4-19(20)23(29)27(21)25-22(26)16-8-12-18(13-9-16)28(30)31/h2-13,22,25H,14H2,1H3. The van der Waals surface area contributed by atoms with Crippen LogP contribution in [-0.4, -0.2) is 14.6 Å². The van der Waals surface area contributed by atoms with Crippen LogP contribution >= 0.6 is 0 Å². The van der Waals surface area contributed by atoms with Crippen molar-refractivity contribution in [3.05, 3.63) is 110 Å². The second-order valence-corrected chi connectivity index (χ2v) is 7.53. The summed E-state index contributed by atoms with van der Waals surface area (Å²) >= 11 is 0. The quantitative estimate of drug-likeness (QED) is 0.405. The van der Waals surface area contributed by atoms with E-state index in [2.05, 4.69) is 10.3 Å². The van der Waals surface area contributed by atoms with Gasteiger partial charge < -0.3 is 4.90 Å². The van der Waals surface area contributed by atoms with E-state index in [1.807, 2.05) is 49.4 Å². The lowest BCUT2D eigenvalue weighted by molar-refractivity contribution is -0.384. The highest BCUT2D eigenvalue weighted by atomic mass is 16.6. The highest BCUT2D eigenvalue weighted by molar-refractivity contribution is 5.77. The summed E-state index contributed by atoms with van der Waals surface area (Å²) < 4.78 is 1.49. The molecule has 8 nitrogen and oxygen atoms in total. The van der Waals surface area contributed by atoms with Crippen molar-refractivity contribution in [2.75, 3.05) is 10.3 Å². The molecule has 1 aliphatic rings. The largest absolute Gasteiger partial charge is 0.339 e. The Balaban J connectivity index is 1.65. The van der Waals surface area contributed by atoms with Gasteiger partial charge in [0.25, 0.3) is 11.2 Å². The number of para-hydroxylation sites is 1. The van der Waals surface area contributed by atoms with Crippen molar-refractivity contribution in [3.63, 3.8) is 0 Å². The van der Waals surface area contributed by atoms with Crippen molar-refractivity contribution >= 4 is 22.3 Å². The molecule has 0 amide bonds. The topological polar surface area (TPSA) is 93.3 Å². The molecule has 1 aliphatic heterocycles. The Kier molecular flexibility index (Phi) is 4.39. The molecule has 5 rings (SSSR count). The molecule has 0 radical (unpaired) electrons. The summed E-state index contributed by atoms with van der Waals surface area (Å²) in [6.45, 7) is 2.42. The summed E-state index contributed by atoms with van der Waals surface area (Å²) in [6.07, 6.45) is -0.406. The summed E-state index contributed by atoms with van der Waals surface area (Å²) in [6, 6.07) is 21.7. The predicted octanol–water partition coefficient (Wildman–Crippen LogP) is 3.88. The number of aromatic nitrogens is 2. The van der Waals surface area contributed by atoms with Crippen molar-refractivity contribution in [1.82, 2.24) is 9.66 Å². The molecule has 0 saturated carbocycles. The highest BCUT2D eigenvalue weighted by Gasteiger charge is 2.29. The average molecular weight is 413 g/mol. The number of nitrogens with zero attached hydrogens (tertiary/aromatic N) is 4. The predicted molar refractivity (Wildman–Crippen MR) is 119 cm³/mol. The Morgan fingerprint density at radius 3 is 2.45 bits per heavy atom. The second-order valence-electron chi connectivity index (χ2n) is 7.53. The Morgan fingerprint density at radius 2 is 1.74 bits per heavy atom. The van der Waals surface area contributed by atoms with Crippen molar-refractivity contribution in [2.45, 2.75) is 19.6 Å².